The molecule has 1 fully saturated rings. The van der Waals surface area contributed by atoms with Crippen LogP contribution in [0.4, 0.5) is 4.39 Å². The fourth-order valence-electron chi connectivity index (χ4n) is 2.63. The van der Waals surface area contributed by atoms with Crippen molar-refractivity contribution in [3.8, 4) is 0 Å². The van der Waals surface area contributed by atoms with E-state index < -0.39 is 0 Å². The van der Waals surface area contributed by atoms with Crippen LogP contribution in [0.1, 0.15) is 24.1 Å². The zero-order chi connectivity index (χ0) is 13.8. The Morgan fingerprint density at radius 1 is 1.53 bits per heavy atom. The Bertz CT molecular complexity index is 425. The SMILES string of the molecule is CCNC(c1cc(C)ccc1F)C1CSCCN1C. The second-order valence-electron chi connectivity index (χ2n) is 5.18. The average Bonchev–Trinajstić information content (AvgIpc) is 2.40. The van der Waals surface area contributed by atoms with E-state index in [0.29, 0.717) is 6.04 Å². The third-order valence-electron chi connectivity index (χ3n) is 3.74. The Kier molecular flexibility index (Phi) is 5.25. The molecular formula is C15H23FN2S. The first kappa shape index (κ1) is 14.8. The quantitative estimate of drug-likeness (QED) is 0.914. The summed E-state index contributed by atoms with van der Waals surface area (Å²) >= 11 is 1.96. The Labute approximate surface area is 119 Å². The molecule has 0 amide bonds. The Hall–Kier alpha value is -0.580. The second-order valence-corrected chi connectivity index (χ2v) is 6.33. The van der Waals surface area contributed by atoms with Crippen molar-refractivity contribution >= 4 is 11.8 Å². The summed E-state index contributed by atoms with van der Waals surface area (Å²) in [5.41, 5.74) is 1.92. The van der Waals surface area contributed by atoms with Crippen molar-refractivity contribution in [1.82, 2.24) is 10.2 Å². The van der Waals surface area contributed by atoms with Crippen LogP contribution in [0.25, 0.3) is 0 Å². The van der Waals surface area contributed by atoms with Crippen LogP contribution in [0.2, 0.25) is 0 Å². The highest BCUT2D eigenvalue weighted by Gasteiger charge is 2.30. The minimum absolute atomic E-state index is 0.0719. The average molecular weight is 282 g/mol. The third kappa shape index (κ3) is 3.50. The molecule has 1 aliphatic rings. The molecule has 0 saturated carbocycles. The van der Waals surface area contributed by atoms with Crippen LogP contribution < -0.4 is 5.32 Å². The van der Waals surface area contributed by atoms with Gasteiger partial charge in [0.05, 0.1) is 6.04 Å². The van der Waals surface area contributed by atoms with E-state index in [1.54, 1.807) is 6.07 Å². The number of halogens is 1. The molecule has 2 unspecified atom stereocenters. The minimum atomic E-state index is -0.0967. The highest BCUT2D eigenvalue weighted by molar-refractivity contribution is 7.99. The molecule has 0 aliphatic carbocycles. The van der Waals surface area contributed by atoms with Gasteiger partial charge in [0.25, 0.3) is 0 Å². The number of rotatable bonds is 4. The van der Waals surface area contributed by atoms with Crippen LogP contribution >= 0.6 is 11.8 Å². The molecule has 1 aromatic carbocycles. The van der Waals surface area contributed by atoms with Gasteiger partial charge < -0.3 is 5.32 Å². The van der Waals surface area contributed by atoms with E-state index in [-0.39, 0.29) is 11.9 Å². The van der Waals surface area contributed by atoms with Crippen molar-refractivity contribution in [2.24, 2.45) is 0 Å². The molecule has 0 bridgehead atoms. The minimum Gasteiger partial charge on any atom is -0.309 e. The first-order valence-electron chi connectivity index (χ1n) is 6.91. The summed E-state index contributed by atoms with van der Waals surface area (Å²) in [4.78, 5) is 2.35. The van der Waals surface area contributed by atoms with Crippen molar-refractivity contribution in [3.05, 3.63) is 35.1 Å². The van der Waals surface area contributed by atoms with Gasteiger partial charge in [-0.3, -0.25) is 4.90 Å². The number of benzene rings is 1. The third-order valence-corrected chi connectivity index (χ3v) is 4.79. The molecule has 1 aromatic rings. The maximum Gasteiger partial charge on any atom is 0.128 e. The van der Waals surface area contributed by atoms with Gasteiger partial charge in [0.1, 0.15) is 5.82 Å². The van der Waals surface area contributed by atoms with Gasteiger partial charge in [0.15, 0.2) is 0 Å². The summed E-state index contributed by atoms with van der Waals surface area (Å²) in [6, 6.07) is 5.83. The molecule has 1 N–H and O–H groups in total. The number of hydrogen-bond donors (Lipinski definition) is 1. The predicted molar refractivity (Wildman–Crippen MR) is 81.3 cm³/mol. The van der Waals surface area contributed by atoms with Crippen LogP contribution in [0.3, 0.4) is 0 Å². The highest BCUT2D eigenvalue weighted by Crippen LogP contribution is 2.28. The molecule has 0 aromatic heterocycles. The molecule has 1 heterocycles. The maximum absolute atomic E-state index is 14.2. The monoisotopic (exact) mass is 282 g/mol. The summed E-state index contributed by atoms with van der Waals surface area (Å²) in [5, 5.41) is 3.47. The van der Waals surface area contributed by atoms with E-state index in [1.807, 2.05) is 30.8 Å². The van der Waals surface area contributed by atoms with Crippen LogP contribution in [-0.2, 0) is 0 Å². The van der Waals surface area contributed by atoms with Gasteiger partial charge in [0, 0.05) is 29.7 Å². The smallest absolute Gasteiger partial charge is 0.128 e. The summed E-state index contributed by atoms with van der Waals surface area (Å²) < 4.78 is 14.2. The lowest BCUT2D eigenvalue weighted by Gasteiger charge is -2.38. The van der Waals surface area contributed by atoms with Crippen LogP contribution in [0.15, 0.2) is 18.2 Å². The summed E-state index contributed by atoms with van der Waals surface area (Å²) in [6.07, 6.45) is 0. The Morgan fingerprint density at radius 3 is 3.00 bits per heavy atom. The normalized spacial score (nSPS) is 22.4. The number of thioether (sulfide) groups is 1. The van der Waals surface area contributed by atoms with Crippen molar-refractivity contribution < 1.29 is 4.39 Å². The molecule has 0 radical (unpaired) electrons. The molecule has 2 rings (SSSR count). The highest BCUT2D eigenvalue weighted by atomic mass is 32.2. The topological polar surface area (TPSA) is 15.3 Å². The number of likely N-dealkylation sites (N-methyl/N-ethyl adjacent to an activating group) is 2. The molecule has 4 heteroatoms. The fraction of sp³-hybridized carbons (Fsp3) is 0.600. The summed E-state index contributed by atoms with van der Waals surface area (Å²) in [5.74, 6) is 2.13. The number of nitrogens with zero attached hydrogens (tertiary/aromatic N) is 1. The molecule has 106 valence electrons. The Balaban J connectivity index is 2.30. The van der Waals surface area contributed by atoms with Gasteiger partial charge in [-0.15, -0.1) is 0 Å². The van der Waals surface area contributed by atoms with Gasteiger partial charge in [-0.2, -0.15) is 11.8 Å². The number of nitrogens with one attached hydrogen (secondary N) is 1. The molecular weight excluding hydrogens is 259 g/mol. The van der Waals surface area contributed by atoms with Crippen molar-refractivity contribution in [2.45, 2.75) is 25.9 Å². The first-order valence-corrected chi connectivity index (χ1v) is 8.06. The van der Waals surface area contributed by atoms with Crippen molar-refractivity contribution in [3.63, 3.8) is 0 Å². The molecule has 1 aliphatic heterocycles. The van der Waals surface area contributed by atoms with Gasteiger partial charge in [-0.25, -0.2) is 4.39 Å². The molecule has 2 atom stereocenters. The van der Waals surface area contributed by atoms with E-state index in [4.69, 9.17) is 0 Å². The lowest BCUT2D eigenvalue weighted by atomic mass is 9.97. The lowest BCUT2D eigenvalue weighted by molar-refractivity contribution is 0.214. The van der Waals surface area contributed by atoms with Crippen LogP contribution in [0, 0.1) is 12.7 Å². The van der Waals surface area contributed by atoms with Gasteiger partial charge in [0.2, 0.25) is 0 Å². The Morgan fingerprint density at radius 2 is 2.32 bits per heavy atom. The standard InChI is InChI=1S/C15H23FN2S/c1-4-17-15(14-10-19-8-7-18(14)3)12-9-11(2)5-6-13(12)16/h5-6,9,14-15,17H,4,7-8,10H2,1-3H3. The number of aryl methyl sites for hydroxylation is 1. The van der Waals surface area contributed by atoms with E-state index in [2.05, 4.69) is 24.2 Å². The van der Waals surface area contributed by atoms with Gasteiger partial charge >= 0.3 is 0 Å². The van der Waals surface area contributed by atoms with Gasteiger partial charge in [-0.1, -0.05) is 24.6 Å². The zero-order valence-electron chi connectivity index (χ0n) is 11.9. The van der Waals surface area contributed by atoms with E-state index in [1.165, 1.54) is 5.75 Å². The number of hydrogen-bond acceptors (Lipinski definition) is 3. The van der Waals surface area contributed by atoms with E-state index >= 15 is 0 Å². The summed E-state index contributed by atoms with van der Waals surface area (Å²) in [7, 11) is 2.14. The molecule has 0 spiro atoms. The molecule has 1 saturated heterocycles. The maximum atomic E-state index is 14.2. The largest absolute Gasteiger partial charge is 0.309 e. The first-order chi connectivity index (χ1) is 9.13. The lowest BCUT2D eigenvalue weighted by Crippen LogP contribution is -2.48. The van der Waals surface area contributed by atoms with Gasteiger partial charge in [-0.05, 0) is 26.6 Å². The molecule has 2 nitrogen and oxygen atoms in total. The molecule has 19 heavy (non-hydrogen) atoms. The van der Waals surface area contributed by atoms with Crippen molar-refractivity contribution in [2.75, 3.05) is 31.6 Å². The second kappa shape index (κ2) is 6.73. The van der Waals surface area contributed by atoms with Crippen molar-refractivity contribution in [1.29, 1.82) is 0 Å². The van der Waals surface area contributed by atoms with E-state index in [0.717, 1.165) is 30.0 Å². The fourth-order valence-corrected chi connectivity index (χ4v) is 3.90. The zero-order valence-corrected chi connectivity index (χ0v) is 12.8. The summed E-state index contributed by atoms with van der Waals surface area (Å²) in [6.45, 7) is 6.03. The van der Waals surface area contributed by atoms with E-state index in [9.17, 15) is 4.39 Å². The predicted octanol–water partition coefficient (Wildman–Crippen LogP) is 2.83. The van der Waals surface area contributed by atoms with Crippen LogP contribution in [-0.4, -0.2) is 42.6 Å². The van der Waals surface area contributed by atoms with Crippen LogP contribution in [0.5, 0.6) is 0 Å².